The average Bonchev–Trinajstić information content (AvgIpc) is 2.17. The van der Waals surface area contributed by atoms with Crippen LogP contribution in [0.15, 0.2) is 24.3 Å². The lowest BCUT2D eigenvalue weighted by atomic mass is 10.2. The summed E-state index contributed by atoms with van der Waals surface area (Å²) in [5.74, 6) is -0.509. The standard InChI is InChI=1S/C12H18O2/c1-10-5-7-11(8-6-10)9-14-12(2,3)13-4/h5-8H,9H2,1-4H3. The Morgan fingerprint density at radius 1 is 1.14 bits per heavy atom. The fourth-order valence-electron chi connectivity index (χ4n) is 1.00. The number of hydrogen-bond donors (Lipinski definition) is 0. The fourth-order valence-corrected chi connectivity index (χ4v) is 1.00. The molecule has 0 unspecified atom stereocenters. The third-order valence-electron chi connectivity index (χ3n) is 2.20. The number of hydrogen-bond acceptors (Lipinski definition) is 2. The molecule has 0 saturated carbocycles. The van der Waals surface area contributed by atoms with Crippen LogP contribution in [0.3, 0.4) is 0 Å². The molecular formula is C12H18O2. The molecule has 0 atom stereocenters. The molecule has 0 N–H and O–H groups in total. The molecule has 0 aliphatic rings. The van der Waals surface area contributed by atoms with Gasteiger partial charge < -0.3 is 9.47 Å². The summed E-state index contributed by atoms with van der Waals surface area (Å²) in [6, 6.07) is 8.30. The second-order valence-electron chi connectivity index (χ2n) is 3.88. The summed E-state index contributed by atoms with van der Waals surface area (Å²) >= 11 is 0. The van der Waals surface area contributed by atoms with Crippen molar-refractivity contribution in [3.8, 4) is 0 Å². The number of methoxy groups -OCH3 is 1. The Balaban J connectivity index is 2.50. The third-order valence-corrected chi connectivity index (χ3v) is 2.20. The largest absolute Gasteiger partial charge is 0.354 e. The minimum atomic E-state index is -0.509. The quantitative estimate of drug-likeness (QED) is 0.686. The molecule has 2 nitrogen and oxygen atoms in total. The zero-order chi connectivity index (χ0) is 10.6. The van der Waals surface area contributed by atoms with E-state index in [1.807, 2.05) is 13.8 Å². The molecule has 78 valence electrons. The molecule has 0 aromatic heterocycles. The van der Waals surface area contributed by atoms with Gasteiger partial charge in [-0.15, -0.1) is 0 Å². The van der Waals surface area contributed by atoms with Crippen molar-refractivity contribution in [3.05, 3.63) is 35.4 Å². The highest BCUT2D eigenvalue weighted by Gasteiger charge is 2.15. The number of rotatable bonds is 4. The lowest BCUT2D eigenvalue weighted by molar-refractivity contribution is -0.204. The van der Waals surface area contributed by atoms with Gasteiger partial charge in [0.15, 0.2) is 5.79 Å². The van der Waals surface area contributed by atoms with Gasteiger partial charge >= 0.3 is 0 Å². The van der Waals surface area contributed by atoms with Crippen LogP contribution in [0.2, 0.25) is 0 Å². The first-order valence-electron chi connectivity index (χ1n) is 4.78. The SMILES string of the molecule is COC(C)(C)OCc1ccc(C)cc1. The van der Waals surface area contributed by atoms with Crippen molar-refractivity contribution in [2.45, 2.75) is 33.2 Å². The Labute approximate surface area is 85.8 Å². The van der Waals surface area contributed by atoms with Gasteiger partial charge in [0.1, 0.15) is 0 Å². The first-order chi connectivity index (χ1) is 6.53. The van der Waals surface area contributed by atoms with Crippen LogP contribution in [0.5, 0.6) is 0 Å². The molecule has 0 saturated heterocycles. The van der Waals surface area contributed by atoms with E-state index < -0.39 is 5.79 Å². The van der Waals surface area contributed by atoms with Crippen molar-refractivity contribution in [2.75, 3.05) is 7.11 Å². The summed E-state index contributed by atoms with van der Waals surface area (Å²) < 4.78 is 10.7. The van der Waals surface area contributed by atoms with Crippen molar-refractivity contribution in [1.29, 1.82) is 0 Å². The van der Waals surface area contributed by atoms with Gasteiger partial charge in [-0.05, 0) is 26.3 Å². The fraction of sp³-hybridized carbons (Fsp3) is 0.500. The molecule has 0 fully saturated rings. The zero-order valence-electron chi connectivity index (χ0n) is 9.33. The van der Waals surface area contributed by atoms with Crippen LogP contribution in [0, 0.1) is 6.92 Å². The smallest absolute Gasteiger partial charge is 0.162 e. The van der Waals surface area contributed by atoms with E-state index >= 15 is 0 Å². The van der Waals surface area contributed by atoms with Gasteiger partial charge in [0.05, 0.1) is 6.61 Å². The van der Waals surface area contributed by atoms with Gasteiger partial charge in [0.2, 0.25) is 0 Å². The summed E-state index contributed by atoms with van der Waals surface area (Å²) in [5.41, 5.74) is 2.43. The summed E-state index contributed by atoms with van der Waals surface area (Å²) in [6.45, 7) is 6.47. The topological polar surface area (TPSA) is 18.5 Å². The van der Waals surface area contributed by atoms with Crippen LogP contribution in [-0.4, -0.2) is 12.9 Å². The molecule has 0 bridgehead atoms. The van der Waals surface area contributed by atoms with Crippen molar-refractivity contribution in [2.24, 2.45) is 0 Å². The summed E-state index contributed by atoms with van der Waals surface area (Å²) in [6.07, 6.45) is 0. The summed E-state index contributed by atoms with van der Waals surface area (Å²) in [7, 11) is 1.65. The van der Waals surface area contributed by atoms with Gasteiger partial charge in [-0.1, -0.05) is 29.8 Å². The molecule has 0 spiro atoms. The monoisotopic (exact) mass is 194 g/mol. The molecule has 2 heteroatoms. The zero-order valence-corrected chi connectivity index (χ0v) is 9.33. The minimum Gasteiger partial charge on any atom is -0.354 e. The molecule has 0 radical (unpaired) electrons. The second-order valence-corrected chi connectivity index (χ2v) is 3.88. The average molecular weight is 194 g/mol. The van der Waals surface area contributed by atoms with E-state index in [2.05, 4.69) is 31.2 Å². The lowest BCUT2D eigenvalue weighted by Gasteiger charge is -2.23. The molecule has 1 rings (SSSR count). The van der Waals surface area contributed by atoms with Gasteiger partial charge in [0, 0.05) is 7.11 Å². The molecule has 14 heavy (non-hydrogen) atoms. The van der Waals surface area contributed by atoms with Gasteiger partial charge in [0.25, 0.3) is 0 Å². The Morgan fingerprint density at radius 3 is 2.21 bits per heavy atom. The van der Waals surface area contributed by atoms with Crippen LogP contribution >= 0.6 is 0 Å². The molecule has 1 aromatic carbocycles. The molecule has 1 aromatic rings. The first kappa shape index (κ1) is 11.2. The van der Waals surface area contributed by atoms with Crippen LogP contribution < -0.4 is 0 Å². The molecule has 0 amide bonds. The first-order valence-corrected chi connectivity index (χ1v) is 4.78. The Morgan fingerprint density at radius 2 is 1.71 bits per heavy atom. The van der Waals surface area contributed by atoms with Gasteiger partial charge in [-0.2, -0.15) is 0 Å². The van der Waals surface area contributed by atoms with Crippen LogP contribution in [0.25, 0.3) is 0 Å². The highest BCUT2D eigenvalue weighted by atomic mass is 16.7. The number of ether oxygens (including phenoxy) is 2. The van der Waals surface area contributed by atoms with Crippen molar-refractivity contribution in [1.82, 2.24) is 0 Å². The van der Waals surface area contributed by atoms with E-state index in [-0.39, 0.29) is 0 Å². The molecule has 0 aliphatic heterocycles. The van der Waals surface area contributed by atoms with Gasteiger partial charge in [-0.25, -0.2) is 0 Å². The van der Waals surface area contributed by atoms with Crippen molar-refractivity contribution >= 4 is 0 Å². The van der Waals surface area contributed by atoms with Crippen LogP contribution in [0.1, 0.15) is 25.0 Å². The maximum Gasteiger partial charge on any atom is 0.162 e. The highest BCUT2D eigenvalue weighted by molar-refractivity contribution is 5.20. The van der Waals surface area contributed by atoms with E-state index in [0.717, 1.165) is 0 Å². The lowest BCUT2D eigenvalue weighted by Crippen LogP contribution is -2.26. The molecule has 0 aliphatic carbocycles. The van der Waals surface area contributed by atoms with Gasteiger partial charge in [-0.3, -0.25) is 0 Å². The number of aryl methyl sites for hydroxylation is 1. The maximum atomic E-state index is 5.58. The minimum absolute atomic E-state index is 0.509. The summed E-state index contributed by atoms with van der Waals surface area (Å²) in [4.78, 5) is 0. The Kier molecular flexibility index (Phi) is 3.67. The van der Waals surface area contributed by atoms with E-state index in [1.165, 1.54) is 11.1 Å². The number of benzene rings is 1. The Bertz CT molecular complexity index is 275. The molecule has 0 heterocycles. The van der Waals surface area contributed by atoms with Crippen LogP contribution in [0.4, 0.5) is 0 Å². The Hall–Kier alpha value is -0.860. The predicted molar refractivity (Wildman–Crippen MR) is 57.1 cm³/mol. The van der Waals surface area contributed by atoms with Crippen molar-refractivity contribution < 1.29 is 9.47 Å². The maximum absolute atomic E-state index is 5.58. The van der Waals surface area contributed by atoms with Crippen molar-refractivity contribution in [3.63, 3.8) is 0 Å². The predicted octanol–water partition coefficient (Wildman–Crippen LogP) is 2.89. The highest BCUT2D eigenvalue weighted by Crippen LogP contribution is 2.13. The van der Waals surface area contributed by atoms with E-state index in [0.29, 0.717) is 6.61 Å². The second kappa shape index (κ2) is 4.58. The van der Waals surface area contributed by atoms with E-state index in [4.69, 9.17) is 9.47 Å². The van der Waals surface area contributed by atoms with E-state index in [9.17, 15) is 0 Å². The normalized spacial score (nSPS) is 11.7. The summed E-state index contributed by atoms with van der Waals surface area (Å²) in [5, 5.41) is 0. The molecular weight excluding hydrogens is 176 g/mol. The van der Waals surface area contributed by atoms with E-state index in [1.54, 1.807) is 7.11 Å². The third kappa shape index (κ3) is 3.48. The van der Waals surface area contributed by atoms with Crippen LogP contribution in [-0.2, 0) is 16.1 Å².